The van der Waals surface area contributed by atoms with Gasteiger partial charge in [0.2, 0.25) is 5.91 Å². The van der Waals surface area contributed by atoms with E-state index < -0.39 is 0 Å². The second-order valence-electron chi connectivity index (χ2n) is 4.44. The van der Waals surface area contributed by atoms with Crippen molar-refractivity contribution in [2.75, 3.05) is 19.7 Å². The van der Waals surface area contributed by atoms with E-state index in [1.807, 2.05) is 4.90 Å². The molecule has 1 aromatic rings. The normalized spacial score (nSPS) is 16.7. The van der Waals surface area contributed by atoms with E-state index in [1.165, 1.54) is 0 Å². The van der Waals surface area contributed by atoms with E-state index >= 15 is 0 Å². The fraction of sp³-hybridized carbons (Fsp3) is 0.583. The third-order valence-corrected chi connectivity index (χ3v) is 3.51. The molecule has 2 rings (SSSR count). The minimum atomic E-state index is 0.158. The molecule has 1 aliphatic rings. The molecular weight excluding hydrogens is 298 g/mol. The van der Waals surface area contributed by atoms with Crippen LogP contribution in [0, 0.1) is 5.92 Å². The van der Waals surface area contributed by atoms with Crippen molar-refractivity contribution in [1.82, 2.24) is 14.9 Å². The van der Waals surface area contributed by atoms with Gasteiger partial charge < -0.3 is 9.64 Å². The van der Waals surface area contributed by atoms with Crippen molar-refractivity contribution in [3.05, 3.63) is 16.9 Å². The first-order chi connectivity index (χ1) is 8.65. The van der Waals surface area contributed by atoms with E-state index in [1.54, 1.807) is 19.3 Å². The quantitative estimate of drug-likeness (QED) is 0.855. The van der Waals surface area contributed by atoms with Crippen LogP contribution in [0.1, 0.15) is 19.8 Å². The molecule has 18 heavy (non-hydrogen) atoms. The molecule has 2 heterocycles. The van der Waals surface area contributed by atoms with Gasteiger partial charge in [0.05, 0.1) is 11.1 Å². The van der Waals surface area contributed by atoms with Gasteiger partial charge in [-0.15, -0.1) is 0 Å². The van der Waals surface area contributed by atoms with Gasteiger partial charge in [0.25, 0.3) is 0 Å². The van der Waals surface area contributed by atoms with Crippen molar-refractivity contribution in [3.63, 3.8) is 0 Å². The molecule has 0 bridgehead atoms. The number of hydrogen-bond acceptors (Lipinski definition) is 4. The molecule has 0 radical (unpaired) electrons. The Bertz CT molecular complexity index is 402. The topological polar surface area (TPSA) is 55.3 Å². The maximum atomic E-state index is 11.2. The summed E-state index contributed by atoms with van der Waals surface area (Å²) in [6.45, 7) is 3.88. The molecule has 0 aliphatic carbocycles. The Morgan fingerprint density at radius 2 is 2.06 bits per heavy atom. The van der Waals surface area contributed by atoms with Crippen molar-refractivity contribution in [2.45, 2.75) is 19.8 Å². The number of rotatable bonds is 3. The summed E-state index contributed by atoms with van der Waals surface area (Å²) >= 11 is 3.28. The first kappa shape index (κ1) is 13.3. The minimum absolute atomic E-state index is 0.158. The third kappa shape index (κ3) is 3.66. The maximum Gasteiger partial charge on any atom is 0.316 e. The summed E-state index contributed by atoms with van der Waals surface area (Å²) in [5.74, 6) is 0.637. The summed E-state index contributed by atoms with van der Waals surface area (Å²) in [4.78, 5) is 21.2. The summed E-state index contributed by atoms with van der Waals surface area (Å²) in [6, 6.07) is 0.409. The Labute approximate surface area is 115 Å². The third-order valence-electron chi connectivity index (χ3n) is 3.10. The second kappa shape index (κ2) is 6.13. The van der Waals surface area contributed by atoms with Gasteiger partial charge in [0.15, 0.2) is 0 Å². The lowest BCUT2D eigenvalue weighted by atomic mass is 9.98. The Hall–Kier alpha value is -1.17. The van der Waals surface area contributed by atoms with Crippen LogP contribution >= 0.6 is 15.9 Å². The monoisotopic (exact) mass is 313 g/mol. The number of ether oxygens (including phenoxy) is 1. The lowest BCUT2D eigenvalue weighted by Gasteiger charge is -2.30. The van der Waals surface area contributed by atoms with Gasteiger partial charge in [0, 0.05) is 32.4 Å². The number of nitrogens with zero attached hydrogens (tertiary/aromatic N) is 3. The number of amides is 1. The largest absolute Gasteiger partial charge is 0.463 e. The molecule has 0 atom stereocenters. The van der Waals surface area contributed by atoms with E-state index in [0.29, 0.717) is 18.5 Å². The van der Waals surface area contributed by atoms with Crippen molar-refractivity contribution in [2.24, 2.45) is 5.92 Å². The Morgan fingerprint density at radius 1 is 1.44 bits per heavy atom. The van der Waals surface area contributed by atoms with Gasteiger partial charge in [-0.1, -0.05) is 0 Å². The number of carbonyl (C=O) groups is 1. The van der Waals surface area contributed by atoms with E-state index in [4.69, 9.17) is 4.74 Å². The van der Waals surface area contributed by atoms with Crippen molar-refractivity contribution in [1.29, 1.82) is 0 Å². The van der Waals surface area contributed by atoms with E-state index in [0.717, 1.165) is 30.4 Å². The number of halogens is 1. The highest BCUT2D eigenvalue weighted by Gasteiger charge is 2.21. The molecule has 1 saturated heterocycles. The van der Waals surface area contributed by atoms with Crippen LogP contribution in [-0.2, 0) is 4.79 Å². The highest BCUT2D eigenvalue weighted by atomic mass is 79.9. The van der Waals surface area contributed by atoms with Gasteiger partial charge in [-0.05, 0) is 34.7 Å². The molecule has 1 amide bonds. The fourth-order valence-corrected chi connectivity index (χ4v) is 2.19. The molecule has 0 spiro atoms. The van der Waals surface area contributed by atoms with Crippen LogP contribution in [0.3, 0.4) is 0 Å². The van der Waals surface area contributed by atoms with E-state index in [9.17, 15) is 4.79 Å². The zero-order valence-electron chi connectivity index (χ0n) is 10.3. The zero-order valence-corrected chi connectivity index (χ0v) is 11.9. The lowest BCUT2D eigenvalue weighted by molar-refractivity contribution is -0.130. The molecule has 0 saturated carbocycles. The zero-order chi connectivity index (χ0) is 13.0. The molecule has 0 N–H and O–H groups in total. The van der Waals surface area contributed by atoms with E-state index in [2.05, 4.69) is 25.9 Å². The molecule has 0 aromatic carbocycles. The summed E-state index contributed by atoms with van der Waals surface area (Å²) < 4.78 is 6.39. The molecule has 5 nitrogen and oxygen atoms in total. The van der Waals surface area contributed by atoms with Gasteiger partial charge in [-0.2, -0.15) is 0 Å². The predicted molar refractivity (Wildman–Crippen MR) is 70.2 cm³/mol. The number of hydrogen-bond donors (Lipinski definition) is 0. The standard InChI is InChI=1S/C12H16BrN3O2/c1-9(17)16-4-2-10(3-5-16)8-18-12-14-6-11(13)7-15-12/h6-7,10H,2-5,8H2,1H3. The van der Waals surface area contributed by atoms with Gasteiger partial charge in [-0.3, -0.25) is 4.79 Å². The molecule has 6 heteroatoms. The van der Waals surface area contributed by atoms with Gasteiger partial charge in [-0.25, -0.2) is 9.97 Å². The minimum Gasteiger partial charge on any atom is -0.463 e. The molecule has 0 unspecified atom stereocenters. The molecule has 98 valence electrons. The molecule has 1 fully saturated rings. The summed E-state index contributed by atoms with van der Waals surface area (Å²) in [7, 11) is 0. The van der Waals surface area contributed by atoms with Crippen molar-refractivity contribution >= 4 is 21.8 Å². The Kier molecular flexibility index (Phi) is 4.52. The number of aromatic nitrogens is 2. The first-order valence-corrected chi connectivity index (χ1v) is 6.80. The van der Waals surface area contributed by atoms with Gasteiger partial charge in [0.1, 0.15) is 0 Å². The highest BCUT2D eigenvalue weighted by molar-refractivity contribution is 9.10. The van der Waals surface area contributed by atoms with Crippen molar-refractivity contribution < 1.29 is 9.53 Å². The van der Waals surface area contributed by atoms with Crippen LogP contribution in [-0.4, -0.2) is 40.5 Å². The van der Waals surface area contributed by atoms with Gasteiger partial charge >= 0.3 is 6.01 Å². The van der Waals surface area contributed by atoms with Crippen LogP contribution in [0.15, 0.2) is 16.9 Å². The number of likely N-dealkylation sites (tertiary alicyclic amines) is 1. The summed E-state index contributed by atoms with van der Waals surface area (Å²) in [5, 5.41) is 0. The number of carbonyl (C=O) groups excluding carboxylic acids is 1. The first-order valence-electron chi connectivity index (χ1n) is 6.01. The predicted octanol–water partition coefficient (Wildman–Crippen LogP) is 1.88. The second-order valence-corrected chi connectivity index (χ2v) is 5.36. The lowest BCUT2D eigenvalue weighted by Crippen LogP contribution is -2.38. The summed E-state index contributed by atoms with van der Waals surface area (Å²) in [6.07, 6.45) is 5.30. The van der Waals surface area contributed by atoms with Crippen LogP contribution in [0.5, 0.6) is 6.01 Å². The maximum absolute atomic E-state index is 11.2. The average molecular weight is 314 g/mol. The van der Waals surface area contributed by atoms with Crippen LogP contribution in [0.2, 0.25) is 0 Å². The molecule has 1 aromatic heterocycles. The molecule has 1 aliphatic heterocycles. The smallest absolute Gasteiger partial charge is 0.316 e. The Balaban J connectivity index is 1.75. The highest BCUT2D eigenvalue weighted by Crippen LogP contribution is 2.18. The van der Waals surface area contributed by atoms with Crippen molar-refractivity contribution in [3.8, 4) is 6.01 Å². The van der Waals surface area contributed by atoms with E-state index in [-0.39, 0.29) is 5.91 Å². The fourth-order valence-electron chi connectivity index (χ4n) is 1.98. The van der Waals surface area contributed by atoms with Crippen LogP contribution in [0.25, 0.3) is 0 Å². The summed E-state index contributed by atoms with van der Waals surface area (Å²) in [5.41, 5.74) is 0. The Morgan fingerprint density at radius 3 is 2.61 bits per heavy atom. The van der Waals surface area contributed by atoms with Crippen LogP contribution < -0.4 is 4.74 Å². The number of piperidine rings is 1. The molecular formula is C12H16BrN3O2. The SMILES string of the molecule is CC(=O)N1CCC(COc2ncc(Br)cn2)CC1. The average Bonchev–Trinajstić information content (AvgIpc) is 2.38. The van der Waals surface area contributed by atoms with Crippen LogP contribution in [0.4, 0.5) is 0 Å².